The van der Waals surface area contributed by atoms with Crippen LogP contribution in [0.25, 0.3) is 0 Å². The van der Waals surface area contributed by atoms with Crippen molar-refractivity contribution >= 4 is 17.9 Å². The van der Waals surface area contributed by atoms with E-state index in [1.807, 2.05) is 33.3 Å². The van der Waals surface area contributed by atoms with Crippen LogP contribution in [0.1, 0.15) is 33.6 Å². The molecule has 1 rings (SSSR count). The van der Waals surface area contributed by atoms with Crippen LogP contribution in [-0.4, -0.2) is 42.2 Å². The van der Waals surface area contributed by atoms with E-state index in [4.69, 9.17) is 4.74 Å². The normalized spacial score (nSPS) is 15.7. The molecule has 3 nitrogen and oxygen atoms in total. The SMILES string of the molecule is CC(C)(C)OC(=O)N1CCCC1.CSC. The second-order valence-electron chi connectivity index (χ2n) is 4.58. The van der Waals surface area contributed by atoms with Gasteiger partial charge in [0.2, 0.25) is 0 Å². The molecule has 0 aromatic carbocycles. The van der Waals surface area contributed by atoms with E-state index in [2.05, 4.69) is 0 Å². The van der Waals surface area contributed by atoms with Gasteiger partial charge in [0.25, 0.3) is 0 Å². The number of likely N-dealkylation sites (tertiary alicyclic amines) is 1. The van der Waals surface area contributed by atoms with Crippen molar-refractivity contribution in [2.45, 2.75) is 39.2 Å². The van der Waals surface area contributed by atoms with E-state index in [-0.39, 0.29) is 11.7 Å². The van der Waals surface area contributed by atoms with E-state index in [0.29, 0.717) is 0 Å². The summed E-state index contributed by atoms with van der Waals surface area (Å²) in [6, 6.07) is 0. The van der Waals surface area contributed by atoms with Crippen LogP contribution in [0, 0.1) is 0 Å². The van der Waals surface area contributed by atoms with Crippen LogP contribution < -0.4 is 0 Å². The van der Waals surface area contributed by atoms with E-state index in [0.717, 1.165) is 25.9 Å². The van der Waals surface area contributed by atoms with Crippen molar-refractivity contribution in [3.63, 3.8) is 0 Å². The Morgan fingerprint density at radius 3 is 1.93 bits per heavy atom. The molecule has 0 saturated carbocycles. The van der Waals surface area contributed by atoms with E-state index >= 15 is 0 Å². The number of rotatable bonds is 0. The first-order valence-electron chi connectivity index (χ1n) is 5.28. The zero-order valence-corrected chi connectivity index (χ0v) is 11.3. The minimum absolute atomic E-state index is 0.167. The third-order valence-electron chi connectivity index (χ3n) is 1.76. The zero-order chi connectivity index (χ0) is 11.9. The fraction of sp³-hybridized carbons (Fsp3) is 0.909. The lowest BCUT2D eigenvalue weighted by atomic mass is 10.2. The maximum absolute atomic E-state index is 11.4. The third kappa shape index (κ3) is 7.54. The summed E-state index contributed by atoms with van der Waals surface area (Å²) < 4.78 is 5.21. The molecule has 4 heteroatoms. The second-order valence-corrected chi connectivity index (χ2v) is 5.40. The molecule has 1 aliphatic rings. The molecule has 0 aromatic rings. The van der Waals surface area contributed by atoms with Crippen LogP contribution >= 0.6 is 11.8 Å². The highest BCUT2D eigenvalue weighted by Gasteiger charge is 2.23. The molecule has 0 radical (unpaired) electrons. The highest BCUT2D eigenvalue weighted by Crippen LogP contribution is 2.14. The molecule has 0 bridgehead atoms. The Bertz CT molecular complexity index is 184. The number of amides is 1. The maximum Gasteiger partial charge on any atom is 0.410 e. The van der Waals surface area contributed by atoms with Gasteiger partial charge in [0.15, 0.2) is 0 Å². The van der Waals surface area contributed by atoms with Crippen LogP contribution in [0.2, 0.25) is 0 Å². The number of nitrogens with zero attached hydrogens (tertiary/aromatic N) is 1. The summed E-state index contributed by atoms with van der Waals surface area (Å²) in [7, 11) is 0. The molecule has 1 fully saturated rings. The lowest BCUT2D eigenvalue weighted by molar-refractivity contribution is 0.0295. The Labute approximate surface area is 97.5 Å². The largest absolute Gasteiger partial charge is 0.444 e. The number of hydrogen-bond donors (Lipinski definition) is 0. The average Bonchev–Trinajstić information content (AvgIpc) is 2.53. The summed E-state index contributed by atoms with van der Waals surface area (Å²) in [5, 5.41) is 0. The van der Waals surface area contributed by atoms with Gasteiger partial charge in [0.1, 0.15) is 5.60 Å². The monoisotopic (exact) mass is 233 g/mol. The van der Waals surface area contributed by atoms with Crippen molar-refractivity contribution in [3.05, 3.63) is 0 Å². The third-order valence-corrected chi connectivity index (χ3v) is 1.76. The average molecular weight is 233 g/mol. The Kier molecular flexibility index (Phi) is 6.81. The van der Waals surface area contributed by atoms with Gasteiger partial charge in [-0.1, -0.05) is 0 Å². The van der Waals surface area contributed by atoms with Gasteiger partial charge in [-0.3, -0.25) is 0 Å². The topological polar surface area (TPSA) is 29.5 Å². The number of ether oxygens (including phenoxy) is 1. The first-order chi connectivity index (χ1) is 6.90. The predicted molar refractivity (Wildman–Crippen MR) is 66.5 cm³/mol. The Morgan fingerprint density at radius 2 is 1.60 bits per heavy atom. The van der Waals surface area contributed by atoms with Crippen molar-refractivity contribution in [3.8, 4) is 0 Å². The van der Waals surface area contributed by atoms with Crippen LogP contribution in [0.3, 0.4) is 0 Å². The predicted octanol–water partition coefficient (Wildman–Crippen LogP) is 3.00. The van der Waals surface area contributed by atoms with Crippen molar-refractivity contribution in [1.82, 2.24) is 4.90 Å². The van der Waals surface area contributed by atoms with Gasteiger partial charge >= 0.3 is 6.09 Å². The van der Waals surface area contributed by atoms with E-state index in [1.54, 1.807) is 16.7 Å². The van der Waals surface area contributed by atoms with Crippen LogP contribution in [0.5, 0.6) is 0 Å². The fourth-order valence-corrected chi connectivity index (χ4v) is 1.23. The molecule has 0 unspecified atom stereocenters. The van der Waals surface area contributed by atoms with Crippen LogP contribution in [0.4, 0.5) is 4.79 Å². The molecule has 1 amide bonds. The Hall–Kier alpha value is -0.380. The summed E-state index contributed by atoms with van der Waals surface area (Å²) in [5.41, 5.74) is -0.361. The molecule has 0 atom stereocenters. The molecule has 0 aliphatic carbocycles. The minimum atomic E-state index is -0.361. The van der Waals surface area contributed by atoms with Crippen LogP contribution in [-0.2, 0) is 4.74 Å². The molecular formula is C11H23NO2S. The number of hydrogen-bond acceptors (Lipinski definition) is 3. The Balaban J connectivity index is 0.000000583. The van der Waals surface area contributed by atoms with E-state index in [1.165, 1.54) is 0 Å². The van der Waals surface area contributed by atoms with Crippen LogP contribution in [0.15, 0.2) is 0 Å². The zero-order valence-electron chi connectivity index (χ0n) is 10.5. The van der Waals surface area contributed by atoms with Gasteiger partial charge in [0, 0.05) is 13.1 Å². The van der Waals surface area contributed by atoms with Gasteiger partial charge in [0.05, 0.1) is 0 Å². The molecule has 15 heavy (non-hydrogen) atoms. The van der Waals surface area contributed by atoms with Gasteiger partial charge in [-0.05, 0) is 46.1 Å². The minimum Gasteiger partial charge on any atom is -0.444 e. The summed E-state index contributed by atoms with van der Waals surface area (Å²) in [6.45, 7) is 7.38. The van der Waals surface area contributed by atoms with Gasteiger partial charge in [-0.25, -0.2) is 4.79 Å². The first-order valence-corrected chi connectivity index (χ1v) is 6.92. The molecule has 1 heterocycles. The number of carbonyl (C=O) groups is 1. The molecule has 1 saturated heterocycles. The quantitative estimate of drug-likeness (QED) is 0.644. The highest BCUT2D eigenvalue weighted by molar-refractivity contribution is 7.97. The van der Waals surface area contributed by atoms with Gasteiger partial charge in [-0.2, -0.15) is 11.8 Å². The van der Waals surface area contributed by atoms with Crippen molar-refractivity contribution in [1.29, 1.82) is 0 Å². The standard InChI is InChI=1S/C9H17NO2.C2H6S/c1-9(2,3)12-8(11)10-6-4-5-7-10;1-3-2/h4-7H2,1-3H3;1-2H3. The Morgan fingerprint density at radius 1 is 1.20 bits per heavy atom. The number of thioether (sulfide) groups is 1. The van der Waals surface area contributed by atoms with Crippen molar-refractivity contribution < 1.29 is 9.53 Å². The lowest BCUT2D eigenvalue weighted by Gasteiger charge is -2.23. The summed E-state index contributed by atoms with van der Waals surface area (Å²) in [4.78, 5) is 13.1. The molecule has 0 spiro atoms. The first kappa shape index (κ1) is 14.6. The maximum atomic E-state index is 11.4. The molecule has 0 N–H and O–H groups in total. The molecule has 0 aromatic heterocycles. The fourth-order valence-electron chi connectivity index (χ4n) is 1.23. The summed E-state index contributed by atoms with van der Waals surface area (Å²) in [5.74, 6) is 0. The van der Waals surface area contributed by atoms with Crippen molar-refractivity contribution in [2.24, 2.45) is 0 Å². The van der Waals surface area contributed by atoms with Gasteiger partial charge in [-0.15, -0.1) is 0 Å². The van der Waals surface area contributed by atoms with Gasteiger partial charge < -0.3 is 9.64 Å². The highest BCUT2D eigenvalue weighted by atomic mass is 32.2. The van der Waals surface area contributed by atoms with E-state index < -0.39 is 0 Å². The summed E-state index contributed by atoms with van der Waals surface area (Å²) in [6.07, 6.45) is 6.14. The van der Waals surface area contributed by atoms with Crippen molar-refractivity contribution in [2.75, 3.05) is 25.6 Å². The smallest absolute Gasteiger partial charge is 0.410 e. The summed E-state index contributed by atoms with van der Waals surface area (Å²) >= 11 is 1.75. The molecular weight excluding hydrogens is 210 g/mol. The molecule has 90 valence electrons. The van der Waals surface area contributed by atoms with E-state index in [9.17, 15) is 4.79 Å². The number of carbonyl (C=O) groups excluding carboxylic acids is 1. The lowest BCUT2D eigenvalue weighted by Crippen LogP contribution is -2.34. The second kappa shape index (κ2) is 6.99. The molecule has 1 aliphatic heterocycles.